The molecule has 4 aromatic heterocycles. The van der Waals surface area contributed by atoms with E-state index in [0.717, 1.165) is 60.7 Å². The van der Waals surface area contributed by atoms with Crippen molar-refractivity contribution in [3.8, 4) is 62.4 Å². The fraction of sp³-hybridized carbons (Fsp3) is 0. The van der Waals surface area contributed by atoms with Gasteiger partial charge in [-0.15, -0.1) is 11.3 Å². The minimum atomic E-state index is 0.494. The number of hydrogen-bond acceptors (Lipinski definition) is 6. The summed E-state index contributed by atoms with van der Waals surface area (Å²) in [6.07, 6.45) is 0. The third-order valence-electron chi connectivity index (χ3n) is 11.1. The first-order valence-electron chi connectivity index (χ1n) is 19.6. The zero-order chi connectivity index (χ0) is 38.9. The molecule has 0 aliphatic carbocycles. The predicted octanol–water partition coefficient (Wildman–Crippen LogP) is 13.8. The van der Waals surface area contributed by atoms with Crippen LogP contribution < -0.4 is 0 Å². The Morgan fingerprint density at radius 3 is 1.93 bits per heavy atom. The van der Waals surface area contributed by atoms with E-state index >= 15 is 0 Å². The molecular weight excluding hydrogens is 743 g/mol. The molecule has 0 aliphatic rings. The molecule has 6 nitrogen and oxygen atoms in total. The number of benzene rings is 8. The van der Waals surface area contributed by atoms with E-state index in [2.05, 4.69) is 144 Å². The molecule has 0 amide bonds. The van der Waals surface area contributed by atoms with E-state index in [1.165, 1.54) is 25.7 Å². The highest BCUT2D eigenvalue weighted by atomic mass is 32.1. The van der Waals surface area contributed by atoms with E-state index in [9.17, 15) is 0 Å². The highest BCUT2D eigenvalue weighted by molar-refractivity contribution is 7.26. The monoisotopic (exact) mass is 773 g/mol. The molecule has 4 heterocycles. The fourth-order valence-electron chi connectivity index (χ4n) is 8.44. The zero-order valence-corrected chi connectivity index (χ0v) is 32.3. The maximum Gasteiger partial charge on any atom is 0.238 e. The Balaban J connectivity index is 1.11. The van der Waals surface area contributed by atoms with Crippen molar-refractivity contribution in [1.82, 2.24) is 24.5 Å². The number of thiophene rings is 1. The summed E-state index contributed by atoms with van der Waals surface area (Å²) >= 11 is 1.83. The van der Waals surface area contributed by atoms with E-state index in [4.69, 9.17) is 24.4 Å². The molecule has 0 N–H and O–H groups in total. The van der Waals surface area contributed by atoms with E-state index in [1.807, 2.05) is 59.9 Å². The topological polar surface area (TPSA) is 69.6 Å². The van der Waals surface area contributed by atoms with E-state index in [1.54, 1.807) is 0 Å². The van der Waals surface area contributed by atoms with Gasteiger partial charge in [0.2, 0.25) is 11.8 Å². The molecule has 276 valence electrons. The number of nitrogens with zero attached hydrogens (tertiary/aromatic N) is 5. The largest absolute Gasteiger partial charge is 0.435 e. The summed E-state index contributed by atoms with van der Waals surface area (Å²) in [4.78, 5) is 20.8. The Hall–Kier alpha value is -7.74. The molecule has 12 aromatic rings. The molecule has 0 saturated heterocycles. The second-order valence-corrected chi connectivity index (χ2v) is 15.7. The van der Waals surface area contributed by atoms with Gasteiger partial charge in [0.15, 0.2) is 17.2 Å². The van der Waals surface area contributed by atoms with Crippen LogP contribution in [0.4, 0.5) is 0 Å². The average Bonchev–Trinajstić information content (AvgIpc) is 4.02. The minimum Gasteiger partial charge on any atom is -0.435 e. The third kappa shape index (κ3) is 5.47. The van der Waals surface area contributed by atoms with Crippen molar-refractivity contribution in [1.29, 1.82) is 0 Å². The first-order chi connectivity index (χ1) is 29.2. The molecule has 0 radical (unpaired) electrons. The number of oxazole rings is 1. The van der Waals surface area contributed by atoms with Crippen LogP contribution in [0, 0.1) is 0 Å². The molecule has 0 bridgehead atoms. The summed E-state index contributed by atoms with van der Waals surface area (Å²) in [6, 6.07) is 65.1. The van der Waals surface area contributed by atoms with Crippen LogP contribution in [0.1, 0.15) is 0 Å². The molecule has 8 aromatic carbocycles. The standard InChI is InChI=1S/C52H31N5OS/c1-3-15-32(16-4-1)36-23-14-29-44-46(36)40-22-7-9-28-43(40)57(44)52-55-49(54-50(56-52)41-26-13-27-42-47(41)58-51(53-42)33-17-5-2-6-18-33)35-20-11-19-34(31-35)37-24-12-25-39-38-21-8-10-30-45(38)59-48(37)39/h1-31H. The van der Waals surface area contributed by atoms with Gasteiger partial charge in [0.25, 0.3) is 0 Å². The van der Waals surface area contributed by atoms with Crippen molar-refractivity contribution in [2.75, 3.05) is 0 Å². The van der Waals surface area contributed by atoms with Crippen LogP contribution in [-0.2, 0) is 0 Å². The highest BCUT2D eigenvalue weighted by Crippen LogP contribution is 2.42. The second kappa shape index (κ2) is 13.4. The van der Waals surface area contributed by atoms with Crippen molar-refractivity contribution < 1.29 is 4.42 Å². The van der Waals surface area contributed by atoms with Crippen LogP contribution >= 0.6 is 11.3 Å². The van der Waals surface area contributed by atoms with Crippen molar-refractivity contribution in [2.45, 2.75) is 0 Å². The Kier molecular flexibility index (Phi) is 7.61. The molecule has 59 heavy (non-hydrogen) atoms. The Morgan fingerprint density at radius 2 is 1.05 bits per heavy atom. The number of aromatic nitrogens is 5. The Labute approximate surface area is 342 Å². The molecule has 12 rings (SSSR count). The minimum absolute atomic E-state index is 0.494. The van der Waals surface area contributed by atoms with Gasteiger partial charge in [-0.3, -0.25) is 4.57 Å². The molecule has 0 aliphatic heterocycles. The molecule has 7 heteroatoms. The lowest BCUT2D eigenvalue weighted by Crippen LogP contribution is -2.06. The first kappa shape index (κ1) is 33.4. The van der Waals surface area contributed by atoms with Gasteiger partial charge in [-0.1, -0.05) is 140 Å². The van der Waals surface area contributed by atoms with Gasteiger partial charge in [-0.05, 0) is 70.8 Å². The Morgan fingerprint density at radius 1 is 0.424 bits per heavy atom. The lowest BCUT2D eigenvalue weighted by Gasteiger charge is -2.12. The van der Waals surface area contributed by atoms with Crippen LogP contribution in [0.2, 0.25) is 0 Å². The van der Waals surface area contributed by atoms with Gasteiger partial charge >= 0.3 is 0 Å². The van der Waals surface area contributed by atoms with Gasteiger partial charge in [0.1, 0.15) is 5.52 Å². The number of hydrogen-bond donors (Lipinski definition) is 0. The zero-order valence-electron chi connectivity index (χ0n) is 31.5. The smallest absolute Gasteiger partial charge is 0.238 e. The first-order valence-corrected chi connectivity index (χ1v) is 20.4. The number of rotatable bonds is 6. The normalized spacial score (nSPS) is 11.7. The maximum absolute atomic E-state index is 6.55. The SMILES string of the molecule is c1ccc(-c2nc3cccc(-c4nc(-c5cccc(-c6cccc7c6sc6ccccc67)c5)nc(-n5c6ccccc6c6c(-c7ccccc7)cccc65)n4)c3o2)cc1. The van der Waals surface area contributed by atoms with Crippen LogP contribution in [0.3, 0.4) is 0 Å². The van der Waals surface area contributed by atoms with Gasteiger partial charge in [0.05, 0.1) is 16.6 Å². The second-order valence-electron chi connectivity index (χ2n) is 14.6. The van der Waals surface area contributed by atoms with E-state index < -0.39 is 0 Å². The fourth-order valence-corrected chi connectivity index (χ4v) is 9.68. The lowest BCUT2D eigenvalue weighted by molar-refractivity contribution is 0.620. The van der Waals surface area contributed by atoms with Crippen molar-refractivity contribution in [2.24, 2.45) is 0 Å². The van der Waals surface area contributed by atoms with Crippen molar-refractivity contribution >= 4 is 64.4 Å². The summed E-state index contributed by atoms with van der Waals surface area (Å²) in [5, 5.41) is 4.79. The quantitative estimate of drug-likeness (QED) is 0.168. The van der Waals surface area contributed by atoms with Crippen LogP contribution in [-0.4, -0.2) is 24.5 Å². The van der Waals surface area contributed by atoms with Crippen LogP contribution in [0.5, 0.6) is 0 Å². The summed E-state index contributed by atoms with van der Waals surface area (Å²) in [5.74, 6) is 2.11. The molecule has 0 fully saturated rings. The van der Waals surface area contributed by atoms with Crippen molar-refractivity contribution in [3.05, 3.63) is 188 Å². The van der Waals surface area contributed by atoms with Gasteiger partial charge in [-0.25, -0.2) is 9.97 Å². The van der Waals surface area contributed by atoms with Crippen LogP contribution in [0.15, 0.2) is 192 Å². The van der Waals surface area contributed by atoms with Gasteiger partial charge in [-0.2, -0.15) is 9.97 Å². The highest BCUT2D eigenvalue weighted by Gasteiger charge is 2.22. The van der Waals surface area contributed by atoms with Crippen molar-refractivity contribution in [3.63, 3.8) is 0 Å². The summed E-state index contributed by atoms with van der Waals surface area (Å²) in [6.45, 7) is 0. The average molecular weight is 774 g/mol. The molecular formula is C52H31N5OS. The van der Waals surface area contributed by atoms with E-state index in [-0.39, 0.29) is 0 Å². The molecule has 0 atom stereocenters. The predicted molar refractivity (Wildman–Crippen MR) is 242 cm³/mol. The molecule has 0 saturated carbocycles. The lowest BCUT2D eigenvalue weighted by atomic mass is 9.99. The van der Waals surface area contributed by atoms with Gasteiger partial charge in [0, 0.05) is 42.1 Å². The summed E-state index contributed by atoms with van der Waals surface area (Å²) in [7, 11) is 0. The third-order valence-corrected chi connectivity index (χ3v) is 12.3. The maximum atomic E-state index is 6.55. The van der Waals surface area contributed by atoms with Gasteiger partial charge < -0.3 is 4.42 Å². The van der Waals surface area contributed by atoms with E-state index in [0.29, 0.717) is 29.1 Å². The number of para-hydroxylation sites is 2. The van der Waals surface area contributed by atoms with Crippen LogP contribution in [0.25, 0.3) is 116 Å². The Bertz CT molecular complexity index is 3570. The molecule has 0 unspecified atom stereocenters. The number of fused-ring (bicyclic) bond motifs is 7. The summed E-state index contributed by atoms with van der Waals surface area (Å²) in [5.41, 5.74) is 10.4. The molecule has 0 spiro atoms. The summed E-state index contributed by atoms with van der Waals surface area (Å²) < 4.78 is 11.2.